The molecule has 1 saturated carbocycles. The summed E-state index contributed by atoms with van der Waals surface area (Å²) in [6, 6.07) is -0.160. The van der Waals surface area contributed by atoms with E-state index in [1.54, 1.807) is 0 Å². The second-order valence-electron chi connectivity index (χ2n) is 2.94. The summed E-state index contributed by atoms with van der Waals surface area (Å²) in [5.74, 6) is 0. The summed E-state index contributed by atoms with van der Waals surface area (Å²) in [6.07, 6.45) is 4.25. The first-order chi connectivity index (χ1) is 7.27. The van der Waals surface area contributed by atoms with Crippen LogP contribution in [0.15, 0.2) is 0 Å². The van der Waals surface area contributed by atoms with Crippen LogP contribution in [0.1, 0.15) is 25.7 Å². The third kappa shape index (κ3) is 25.4. The van der Waals surface area contributed by atoms with Gasteiger partial charge in [0, 0.05) is 0 Å². The fourth-order valence-electron chi connectivity index (χ4n) is 1.13. The average Bonchev–Trinajstić information content (AvgIpc) is 2.08. The summed E-state index contributed by atoms with van der Waals surface area (Å²) in [4.78, 5) is 16.5. The van der Waals surface area contributed by atoms with Crippen LogP contribution in [-0.4, -0.2) is 22.3 Å². The molecule has 0 spiro atoms. The fourth-order valence-corrected chi connectivity index (χ4v) is 1.13. The molecule has 10 nitrogen and oxygen atoms in total. The van der Waals surface area contributed by atoms with E-state index in [-0.39, 0.29) is 33.1 Å². The van der Waals surface area contributed by atoms with E-state index < -0.39 is 10.2 Å². The Kier molecular flexibility index (Phi) is 16.4. The van der Waals surface area contributed by atoms with Gasteiger partial charge in [-0.1, -0.05) is 25.7 Å². The Bertz CT molecular complexity index is 189. The van der Waals surface area contributed by atoms with Gasteiger partial charge in [-0.3, -0.25) is 0 Å². The van der Waals surface area contributed by atoms with Crippen molar-refractivity contribution in [3.05, 3.63) is 42.1 Å². The van der Waals surface area contributed by atoms with Gasteiger partial charge in [0.05, 0.1) is 10.2 Å². The maximum absolute atomic E-state index is 8.25. The van der Waals surface area contributed by atoms with E-state index >= 15 is 0 Å². The molecule has 0 unspecified atom stereocenters. The minimum absolute atomic E-state index is 0. The van der Waals surface area contributed by atoms with Gasteiger partial charge in [0.1, 0.15) is 0 Å². The van der Waals surface area contributed by atoms with E-state index in [0.29, 0.717) is 0 Å². The smallest absolute Gasteiger partial charge is 0.676 e. The quantitative estimate of drug-likeness (QED) is 0.417. The van der Waals surface area contributed by atoms with Crippen molar-refractivity contribution in [2.24, 2.45) is 0 Å². The predicted octanol–water partition coefficient (Wildman–Crippen LogP) is 1.92. The third-order valence-corrected chi connectivity index (χ3v) is 1.77. The summed E-state index contributed by atoms with van der Waals surface area (Å²) in [7, 11) is 0. The Labute approximate surface area is 111 Å². The summed E-state index contributed by atoms with van der Waals surface area (Å²) < 4.78 is 0. The van der Waals surface area contributed by atoms with Crippen molar-refractivity contribution in [1.82, 2.24) is 0 Å². The van der Waals surface area contributed by atoms with Crippen LogP contribution in [-0.2, 0) is 21.1 Å². The van der Waals surface area contributed by atoms with Crippen molar-refractivity contribution in [2.45, 2.75) is 37.8 Å². The molecule has 1 rings (SSSR count). The van der Waals surface area contributed by atoms with Crippen molar-refractivity contribution in [3.63, 3.8) is 0 Å². The Morgan fingerprint density at radius 2 is 1.00 bits per heavy atom. The first kappa shape index (κ1) is 21.3. The Balaban J connectivity index is -0.000000189. The molecule has 1 fully saturated rings. The number of rotatable bonds is 0. The van der Waals surface area contributed by atoms with E-state index in [0.717, 1.165) is 12.8 Å². The monoisotopic (exact) mass is 431 g/mol. The van der Waals surface area contributed by atoms with Crippen LogP contribution in [0, 0.1) is 30.6 Å². The van der Waals surface area contributed by atoms with Crippen molar-refractivity contribution in [1.29, 1.82) is 0 Å². The first-order valence-electron chi connectivity index (χ1n) is 4.32. The maximum Gasteiger partial charge on any atom is 4.00 e. The molecule has 11 heteroatoms. The zero-order valence-corrected chi connectivity index (χ0v) is 10.9. The van der Waals surface area contributed by atoms with Crippen LogP contribution in [0.4, 0.5) is 0 Å². The summed E-state index contributed by atoms with van der Waals surface area (Å²) in [5, 5.41) is 29.5. The van der Waals surface area contributed by atoms with Crippen LogP contribution in [0.3, 0.4) is 0 Å². The molecule has 2 atom stereocenters. The molecule has 0 aromatic rings. The number of nitrogens with zero attached hydrogens (tertiary/aromatic N) is 2. The van der Waals surface area contributed by atoms with Gasteiger partial charge in [-0.25, -0.2) is 0 Å². The van der Waals surface area contributed by atoms with E-state index in [1.807, 2.05) is 0 Å². The number of hydrogen-bond donors (Lipinski definition) is 0. The third-order valence-electron chi connectivity index (χ3n) is 1.77. The Hall–Kier alpha value is -0.992. The molecular weight excluding hydrogens is 419 g/mol. The van der Waals surface area contributed by atoms with Crippen molar-refractivity contribution < 1.29 is 31.2 Å². The normalized spacial score (nSPS) is 21.5. The zero-order valence-electron chi connectivity index (χ0n) is 8.64. The van der Waals surface area contributed by atoms with E-state index in [9.17, 15) is 0 Å². The molecule has 2 N–H and O–H groups in total. The molecule has 0 amide bonds. The van der Waals surface area contributed by atoms with Crippen LogP contribution in [0.5, 0.6) is 0 Å². The second-order valence-corrected chi connectivity index (χ2v) is 2.94. The van der Waals surface area contributed by atoms with Gasteiger partial charge >= 0.3 is 21.1 Å². The van der Waals surface area contributed by atoms with E-state index in [4.69, 9.17) is 42.1 Å². The van der Waals surface area contributed by atoms with Crippen LogP contribution < -0.4 is 0 Å². The summed E-state index contributed by atoms with van der Waals surface area (Å²) >= 11 is 0. The van der Waals surface area contributed by atoms with E-state index in [2.05, 4.69) is 0 Å². The van der Waals surface area contributed by atoms with Gasteiger partial charge in [0.25, 0.3) is 0 Å². The molecule has 0 aromatic carbocycles. The topological polar surface area (TPSA) is 180 Å². The van der Waals surface area contributed by atoms with Gasteiger partial charge in [-0.2, -0.15) is 12.1 Å². The molecule has 0 aromatic heterocycles. The van der Waals surface area contributed by atoms with Crippen LogP contribution >= 0.6 is 0 Å². The molecule has 1 aliphatic rings. The predicted molar refractivity (Wildman–Crippen MR) is 55.4 cm³/mol. The Morgan fingerprint density at radius 1 is 0.824 bits per heavy atom. The number of hydrogen-bond acceptors (Lipinski definition) is 6. The Morgan fingerprint density at radius 3 is 1.12 bits per heavy atom. The van der Waals surface area contributed by atoms with E-state index in [1.165, 1.54) is 12.8 Å². The SMILES string of the molecule is O=[N+]([O-])[O-].O=[N+]([O-])[O-].[NH-][C@@H]1CCCC[C@@H]1[NH-].[Pt+4]. The van der Waals surface area contributed by atoms with Gasteiger partial charge in [0.2, 0.25) is 0 Å². The van der Waals surface area contributed by atoms with Gasteiger partial charge < -0.3 is 42.1 Å². The molecule has 102 valence electrons. The standard InChI is InChI=1S/C6H12N2.2NO3.Pt/c7-5-3-1-2-4-6(5)8;2*2-1(3)4;/h5-8H,1-4H2;;;/q-2;2*-1;+4/t5-,6+;;;. The van der Waals surface area contributed by atoms with Crippen molar-refractivity contribution in [3.8, 4) is 0 Å². The van der Waals surface area contributed by atoms with Gasteiger partial charge in [-0.05, 0) is 0 Å². The van der Waals surface area contributed by atoms with Crippen LogP contribution in [0.25, 0.3) is 11.5 Å². The zero-order chi connectivity index (χ0) is 13.1. The molecule has 1 aliphatic carbocycles. The van der Waals surface area contributed by atoms with Crippen LogP contribution in [0.2, 0.25) is 0 Å². The second kappa shape index (κ2) is 13.1. The number of nitrogens with one attached hydrogen (secondary N) is 2. The fraction of sp³-hybridized carbons (Fsp3) is 1.00. The minimum atomic E-state index is -1.75. The van der Waals surface area contributed by atoms with Crippen molar-refractivity contribution >= 4 is 0 Å². The average molecular weight is 431 g/mol. The van der Waals surface area contributed by atoms with Crippen molar-refractivity contribution in [2.75, 3.05) is 0 Å². The molecule has 0 aliphatic heterocycles. The summed E-state index contributed by atoms with van der Waals surface area (Å²) in [5.41, 5.74) is 14.6. The molecule has 17 heavy (non-hydrogen) atoms. The minimum Gasteiger partial charge on any atom is -0.676 e. The molecule has 0 saturated heterocycles. The maximum atomic E-state index is 8.25. The first-order valence-corrected chi connectivity index (χ1v) is 4.32. The molecule has 0 bridgehead atoms. The molecule has 0 radical (unpaired) electrons. The summed E-state index contributed by atoms with van der Waals surface area (Å²) in [6.45, 7) is 0. The molecule has 0 heterocycles. The van der Waals surface area contributed by atoms with Gasteiger partial charge in [0.15, 0.2) is 0 Å². The van der Waals surface area contributed by atoms with Gasteiger partial charge in [-0.15, -0.1) is 0 Å². The largest absolute Gasteiger partial charge is 4.00 e. The molecular formula is C6H12N4O6Pt.